The molecule has 1 saturated carbocycles. The Labute approximate surface area is 199 Å². The molecule has 2 aromatic carbocycles. The monoisotopic (exact) mass is 482 g/mol. The fraction of sp³-hybridized carbons (Fsp3) is 0.400. The predicted octanol–water partition coefficient (Wildman–Crippen LogP) is 3.47. The van der Waals surface area contributed by atoms with Crippen LogP contribution in [0.25, 0.3) is 10.8 Å². The first-order valence-corrected chi connectivity index (χ1v) is 13.2. The SMILES string of the molecule is CCN(CC)S(=O)(=O)c1ccc(C(=O)NCc2nn(C3CCCC3)c(=O)c3ccccc23)cc1. The lowest BCUT2D eigenvalue weighted by molar-refractivity contribution is 0.0950. The molecule has 0 radical (unpaired) electrons. The summed E-state index contributed by atoms with van der Waals surface area (Å²) in [5.74, 6) is -0.337. The van der Waals surface area contributed by atoms with E-state index in [1.807, 2.05) is 18.2 Å². The van der Waals surface area contributed by atoms with Gasteiger partial charge < -0.3 is 5.32 Å². The summed E-state index contributed by atoms with van der Waals surface area (Å²) < 4.78 is 28.3. The maximum Gasteiger partial charge on any atom is 0.274 e. The molecule has 1 aromatic heterocycles. The van der Waals surface area contributed by atoms with Crippen molar-refractivity contribution in [1.82, 2.24) is 19.4 Å². The zero-order valence-corrected chi connectivity index (χ0v) is 20.3. The van der Waals surface area contributed by atoms with E-state index < -0.39 is 10.0 Å². The smallest absolute Gasteiger partial charge is 0.274 e. The van der Waals surface area contributed by atoms with E-state index in [1.54, 1.807) is 24.6 Å². The van der Waals surface area contributed by atoms with Gasteiger partial charge in [-0.05, 0) is 43.2 Å². The Morgan fingerprint density at radius 3 is 2.26 bits per heavy atom. The molecule has 1 heterocycles. The highest BCUT2D eigenvalue weighted by Gasteiger charge is 2.23. The third-order valence-corrected chi connectivity index (χ3v) is 8.52. The van der Waals surface area contributed by atoms with E-state index in [1.165, 1.54) is 28.6 Å². The summed E-state index contributed by atoms with van der Waals surface area (Å²) in [7, 11) is -3.58. The number of carbonyl (C=O) groups excluding carboxylic acids is 1. The normalized spacial score (nSPS) is 14.7. The summed E-state index contributed by atoms with van der Waals surface area (Å²) in [4.78, 5) is 26.0. The van der Waals surface area contributed by atoms with E-state index in [0.717, 1.165) is 31.1 Å². The van der Waals surface area contributed by atoms with Crippen LogP contribution in [0, 0.1) is 0 Å². The minimum Gasteiger partial charge on any atom is -0.346 e. The number of rotatable bonds is 8. The van der Waals surface area contributed by atoms with Gasteiger partial charge in [0.2, 0.25) is 10.0 Å². The fourth-order valence-electron chi connectivity index (χ4n) is 4.56. The molecule has 1 fully saturated rings. The van der Waals surface area contributed by atoms with Crippen LogP contribution in [0.4, 0.5) is 0 Å². The van der Waals surface area contributed by atoms with Gasteiger partial charge in [-0.15, -0.1) is 0 Å². The van der Waals surface area contributed by atoms with Crippen molar-refractivity contribution in [3.05, 3.63) is 70.1 Å². The lowest BCUT2D eigenvalue weighted by Gasteiger charge is -2.18. The summed E-state index contributed by atoms with van der Waals surface area (Å²) in [5.41, 5.74) is 0.894. The second-order valence-electron chi connectivity index (χ2n) is 8.48. The van der Waals surface area contributed by atoms with Gasteiger partial charge in [0, 0.05) is 24.0 Å². The van der Waals surface area contributed by atoms with Crippen molar-refractivity contribution in [3.63, 3.8) is 0 Å². The molecule has 9 heteroatoms. The largest absolute Gasteiger partial charge is 0.346 e. The lowest BCUT2D eigenvalue weighted by Crippen LogP contribution is -2.31. The number of carbonyl (C=O) groups is 1. The van der Waals surface area contributed by atoms with Crippen molar-refractivity contribution in [2.24, 2.45) is 0 Å². The van der Waals surface area contributed by atoms with Crippen LogP contribution in [0.3, 0.4) is 0 Å². The summed E-state index contributed by atoms with van der Waals surface area (Å²) in [6.07, 6.45) is 4.02. The quantitative estimate of drug-likeness (QED) is 0.530. The Bertz CT molecular complexity index is 1340. The number of fused-ring (bicyclic) bond motifs is 1. The highest BCUT2D eigenvalue weighted by molar-refractivity contribution is 7.89. The van der Waals surface area contributed by atoms with Crippen LogP contribution < -0.4 is 10.9 Å². The van der Waals surface area contributed by atoms with Gasteiger partial charge >= 0.3 is 0 Å². The van der Waals surface area contributed by atoms with Crippen LogP contribution in [-0.4, -0.2) is 41.5 Å². The van der Waals surface area contributed by atoms with Crippen molar-refractivity contribution in [2.45, 2.75) is 57.0 Å². The fourth-order valence-corrected chi connectivity index (χ4v) is 6.02. The molecule has 1 N–H and O–H groups in total. The standard InChI is InChI=1S/C25H30N4O4S/c1-3-28(4-2)34(32,33)20-15-13-18(14-16-20)24(30)26-17-23-21-11-7-8-12-22(21)25(31)29(27-23)19-9-5-6-10-19/h7-8,11-16,19H,3-6,9-10,17H2,1-2H3,(H,26,30). The van der Waals surface area contributed by atoms with Crippen molar-refractivity contribution in [2.75, 3.05) is 13.1 Å². The first kappa shape index (κ1) is 24.1. The molecular formula is C25H30N4O4S. The molecule has 0 bridgehead atoms. The Morgan fingerprint density at radius 2 is 1.65 bits per heavy atom. The zero-order valence-electron chi connectivity index (χ0n) is 19.5. The van der Waals surface area contributed by atoms with Gasteiger partial charge in [-0.2, -0.15) is 9.40 Å². The average molecular weight is 483 g/mol. The minimum atomic E-state index is -3.58. The van der Waals surface area contributed by atoms with E-state index in [4.69, 9.17) is 0 Å². The molecule has 0 saturated heterocycles. The Kier molecular flexibility index (Phi) is 7.13. The van der Waals surface area contributed by atoms with Crippen molar-refractivity contribution < 1.29 is 13.2 Å². The zero-order chi connectivity index (χ0) is 24.3. The van der Waals surface area contributed by atoms with E-state index in [0.29, 0.717) is 29.7 Å². The molecule has 4 rings (SSSR count). The summed E-state index contributed by atoms with van der Waals surface area (Å²) in [6, 6.07) is 13.3. The van der Waals surface area contributed by atoms with E-state index in [-0.39, 0.29) is 28.9 Å². The van der Waals surface area contributed by atoms with Crippen molar-refractivity contribution in [3.8, 4) is 0 Å². The van der Waals surface area contributed by atoms with Crippen molar-refractivity contribution in [1.29, 1.82) is 0 Å². The molecule has 34 heavy (non-hydrogen) atoms. The first-order chi connectivity index (χ1) is 16.4. The van der Waals surface area contributed by atoms with Crippen LogP contribution in [0.1, 0.15) is 61.6 Å². The summed E-state index contributed by atoms with van der Waals surface area (Å²) in [6.45, 7) is 4.49. The molecule has 1 aliphatic rings. The number of hydrogen-bond acceptors (Lipinski definition) is 5. The first-order valence-electron chi connectivity index (χ1n) is 11.8. The Morgan fingerprint density at radius 1 is 1.03 bits per heavy atom. The lowest BCUT2D eigenvalue weighted by atomic mass is 10.1. The van der Waals surface area contributed by atoms with Crippen LogP contribution in [-0.2, 0) is 16.6 Å². The molecule has 1 amide bonds. The van der Waals surface area contributed by atoms with E-state index >= 15 is 0 Å². The van der Waals surface area contributed by atoms with Gasteiger partial charge in [-0.1, -0.05) is 44.9 Å². The predicted molar refractivity (Wildman–Crippen MR) is 131 cm³/mol. The molecule has 0 atom stereocenters. The third-order valence-electron chi connectivity index (χ3n) is 6.45. The number of sulfonamides is 1. The van der Waals surface area contributed by atoms with Gasteiger partial charge in [-0.25, -0.2) is 13.1 Å². The molecule has 180 valence electrons. The van der Waals surface area contributed by atoms with Crippen LogP contribution in [0.15, 0.2) is 58.2 Å². The van der Waals surface area contributed by atoms with Gasteiger partial charge in [0.15, 0.2) is 0 Å². The van der Waals surface area contributed by atoms with Crippen molar-refractivity contribution >= 4 is 26.7 Å². The second-order valence-corrected chi connectivity index (χ2v) is 10.4. The Hall–Kier alpha value is -3.04. The maximum atomic E-state index is 13.0. The van der Waals surface area contributed by atoms with Gasteiger partial charge in [0.1, 0.15) is 0 Å². The second kappa shape index (κ2) is 10.1. The van der Waals surface area contributed by atoms with Gasteiger partial charge in [-0.3, -0.25) is 9.59 Å². The third kappa shape index (κ3) is 4.63. The number of nitrogens with one attached hydrogen (secondary N) is 1. The number of aromatic nitrogens is 2. The number of nitrogens with zero attached hydrogens (tertiary/aromatic N) is 3. The Balaban J connectivity index is 1.56. The topological polar surface area (TPSA) is 101 Å². The molecule has 0 aliphatic heterocycles. The molecule has 0 unspecified atom stereocenters. The molecule has 0 spiro atoms. The highest BCUT2D eigenvalue weighted by atomic mass is 32.2. The van der Waals surface area contributed by atoms with E-state index in [9.17, 15) is 18.0 Å². The van der Waals surface area contributed by atoms with Gasteiger partial charge in [0.25, 0.3) is 11.5 Å². The van der Waals surface area contributed by atoms with Crippen LogP contribution in [0.2, 0.25) is 0 Å². The molecule has 1 aliphatic carbocycles. The number of amides is 1. The minimum absolute atomic E-state index is 0.0897. The molecule has 3 aromatic rings. The molecule has 8 nitrogen and oxygen atoms in total. The average Bonchev–Trinajstić information content (AvgIpc) is 3.39. The summed E-state index contributed by atoms with van der Waals surface area (Å²) in [5, 5.41) is 8.83. The molecular weight excluding hydrogens is 452 g/mol. The van der Waals surface area contributed by atoms with Crippen LogP contribution in [0.5, 0.6) is 0 Å². The van der Waals surface area contributed by atoms with Gasteiger partial charge in [0.05, 0.1) is 28.6 Å². The maximum absolute atomic E-state index is 13.0. The summed E-state index contributed by atoms with van der Waals surface area (Å²) >= 11 is 0. The highest BCUT2D eigenvalue weighted by Crippen LogP contribution is 2.28. The number of hydrogen-bond donors (Lipinski definition) is 1. The van der Waals surface area contributed by atoms with Crippen LogP contribution >= 0.6 is 0 Å². The van der Waals surface area contributed by atoms with E-state index in [2.05, 4.69) is 10.4 Å². The number of benzene rings is 2.